The van der Waals surface area contributed by atoms with Crippen molar-refractivity contribution in [1.82, 2.24) is 15.6 Å². The summed E-state index contributed by atoms with van der Waals surface area (Å²) in [4.78, 5) is 27.3. The van der Waals surface area contributed by atoms with Crippen molar-refractivity contribution in [3.05, 3.63) is 53.7 Å². The molecule has 0 aliphatic heterocycles. The zero-order valence-electron chi connectivity index (χ0n) is 14.3. The van der Waals surface area contributed by atoms with Crippen LogP contribution in [0.2, 0.25) is 0 Å². The van der Waals surface area contributed by atoms with Crippen molar-refractivity contribution in [2.75, 3.05) is 18.5 Å². The lowest BCUT2D eigenvalue weighted by Gasteiger charge is -2.09. The number of pyridine rings is 1. The van der Waals surface area contributed by atoms with Crippen molar-refractivity contribution in [3.8, 4) is 5.88 Å². The van der Waals surface area contributed by atoms with Gasteiger partial charge in [-0.05, 0) is 25.5 Å². The van der Waals surface area contributed by atoms with E-state index in [-0.39, 0.29) is 18.5 Å². The molecule has 0 aliphatic carbocycles. The fourth-order valence-corrected chi connectivity index (χ4v) is 2.09. The molecule has 1 aromatic carbocycles. The molecule has 1 heterocycles. The number of hydrogen-bond donors (Lipinski definition) is 3. The highest BCUT2D eigenvalue weighted by Gasteiger charge is 2.05. The van der Waals surface area contributed by atoms with Crippen LogP contribution in [-0.2, 0) is 11.3 Å². The first-order valence-corrected chi connectivity index (χ1v) is 8.02. The lowest BCUT2D eigenvalue weighted by molar-refractivity contribution is -0.123. The number of benzene rings is 1. The normalized spacial score (nSPS) is 10.0. The summed E-state index contributed by atoms with van der Waals surface area (Å²) in [6, 6.07) is 10.9. The Bertz CT molecular complexity index is 717. The Labute approximate surface area is 146 Å². The van der Waals surface area contributed by atoms with Crippen LogP contribution in [0.15, 0.2) is 42.6 Å². The number of hydrogen-bond acceptors (Lipinski definition) is 4. The highest BCUT2D eigenvalue weighted by atomic mass is 16.5. The van der Waals surface area contributed by atoms with Crippen LogP contribution in [0, 0.1) is 6.92 Å². The average molecular weight is 342 g/mol. The highest BCUT2D eigenvalue weighted by Crippen LogP contribution is 2.11. The van der Waals surface area contributed by atoms with Gasteiger partial charge in [-0.15, -0.1) is 0 Å². The molecule has 3 N–H and O–H groups in total. The molecular weight excluding hydrogens is 320 g/mol. The van der Waals surface area contributed by atoms with Crippen LogP contribution in [0.1, 0.15) is 18.1 Å². The first kappa shape index (κ1) is 18.3. The van der Waals surface area contributed by atoms with Gasteiger partial charge in [-0.1, -0.05) is 29.8 Å². The van der Waals surface area contributed by atoms with Gasteiger partial charge in [-0.3, -0.25) is 4.79 Å². The lowest BCUT2D eigenvalue weighted by atomic mass is 10.1. The van der Waals surface area contributed by atoms with Crippen molar-refractivity contribution in [2.24, 2.45) is 0 Å². The van der Waals surface area contributed by atoms with E-state index in [1.165, 1.54) is 6.20 Å². The summed E-state index contributed by atoms with van der Waals surface area (Å²) >= 11 is 0. The number of urea groups is 1. The van der Waals surface area contributed by atoms with E-state index in [2.05, 4.69) is 20.9 Å². The maximum Gasteiger partial charge on any atom is 0.319 e. The van der Waals surface area contributed by atoms with E-state index < -0.39 is 0 Å². The van der Waals surface area contributed by atoms with Gasteiger partial charge >= 0.3 is 6.03 Å². The maximum absolute atomic E-state index is 11.8. The molecule has 0 saturated carbocycles. The number of aryl methyl sites for hydroxylation is 1. The molecule has 0 aliphatic rings. The van der Waals surface area contributed by atoms with Crippen molar-refractivity contribution < 1.29 is 14.3 Å². The van der Waals surface area contributed by atoms with Crippen molar-refractivity contribution in [1.29, 1.82) is 0 Å². The summed E-state index contributed by atoms with van der Waals surface area (Å²) in [6.45, 7) is 4.70. The number of aromatic nitrogens is 1. The maximum atomic E-state index is 11.8. The monoisotopic (exact) mass is 342 g/mol. The van der Waals surface area contributed by atoms with E-state index in [4.69, 9.17) is 4.74 Å². The van der Waals surface area contributed by atoms with Crippen LogP contribution in [0.5, 0.6) is 5.88 Å². The van der Waals surface area contributed by atoms with Gasteiger partial charge in [0.25, 0.3) is 5.91 Å². The molecule has 0 atom stereocenters. The zero-order valence-corrected chi connectivity index (χ0v) is 14.3. The summed E-state index contributed by atoms with van der Waals surface area (Å²) in [7, 11) is 0. The lowest BCUT2D eigenvalue weighted by Crippen LogP contribution is -2.29. The predicted molar refractivity (Wildman–Crippen MR) is 95.5 cm³/mol. The molecule has 7 nitrogen and oxygen atoms in total. The molecule has 2 rings (SSSR count). The SMILES string of the molecule is CCNC(=O)Nc1ccc(OCC(=O)NCc2cccc(C)c2)nc1. The van der Waals surface area contributed by atoms with Crippen LogP contribution in [0.4, 0.5) is 10.5 Å². The average Bonchev–Trinajstić information content (AvgIpc) is 2.59. The first-order valence-electron chi connectivity index (χ1n) is 8.02. The molecule has 3 amide bonds. The van der Waals surface area contributed by atoms with E-state index in [1.807, 2.05) is 38.1 Å². The van der Waals surface area contributed by atoms with Crippen molar-refractivity contribution >= 4 is 17.6 Å². The van der Waals surface area contributed by atoms with Crippen molar-refractivity contribution in [3.63, 3.8) is 0 Å². The minimum atomic E-state index is -0.298. The fourth-order valence-electron chi connectivity index (χ4n) is 2.09. The van der Waals surface area contributed by atoms with Crippen LogP contribution in [0.25, 0.3) is 0 Å². The van der Waals surface area contributed by atoms with Crippen LogP contribution >= 0.6 is 0 Å². The van der Waals surface area contributed by atoms with Gasteiger partial charge in [0.1, 0.15) is 0 Å². The molecule has 25 heavy (non-hydrogen) atoms. The molecule has 0 spiro atoms. The summed E-state index contributed by atoms with van der Waals surface area (Å²) in [5.41, 5.74) is 2.72. The van der Waals surface area contributed by atoms with Gasteiger partial charge in [0.2, 0.25) is 5.88 Å². The summed E-state index contributed by atoms with van der Waals surface area (Å²) in [5, 5.41) is 8.04. The van der Waals surface area contributed by atoms with E-state index in [1.54, 1.807) is 12.1 Å². The topological polar surface area (TPSA) is 92.4 Å². The van der Waals surface area contributed by atoms with Gasteiger partial charge in [0.15, 0.2) is 6.61 Å². The second-order valence-electron chi connectivity index (χ2n) is 5.42. The Morgan fingerprint density at radius 2 is 2.00 bits per heavy atom. The fraction of sp³-hybridized carbons (Fsp3) is 0.278. The van der Waals surface area contributed by atoms with Crippen molar-refractivity contribution in [2.45, 2.75) is 20.4 Å². The minimum Gasteiger partial charge on any atom is -0.468 e. The second-order valence-corrected chi connectivity index (χ2v) is 5.42. The summed E-state index contributed by atoms with van der Waals surface area (Å²) in [6.07, 6.45) is 1.47. The number of ether oxygens (including phenoxy) is 1. The number of anilines is 1. The Kier molecular flexibility index (Phi) is 6.76. The summed E-state index contributed by atoms with van der Waals surface area (Å²) < 4.78 is 5.34. The number of amides is 3. The molecular formula is C18H22N4O3. The van der Waals surface area contributed by atoms with Gasteiger partial charge in [-0.2, -0.15) is 0 Å². The third kappa shape index (κ3) is 6.50. The van der Waals surface area contributed by atoms with Crippen LogP contribution in [0.3, 0.4) is 0 Å². The quantitative estimate of drug-likeness (QED) is 0.719. The first-order chi connectivity index (χ1) is 12.1. The Hall–Kier alpha value is -3.09. The Morgan fingerprint density at radius 3 is 2.68 bits per heavy atom. The molecule has 1 aromatic heterocycles. The molecule has 0 saturated heterocycles. The van der Waals surface area contributed by atoms with E-state index in [0.717, 1.165) is 11.1 Å². The summed E-state index contributed by atoms with van der Waals surface area (Å²) in [5.74, 6) is 0.0833. The van der Waals surface area contributed by atoms with Crippen LogP contribution in [-0.4, -0.2) is 30.1 Å². The second kappa shape index (κ2) is 9.27. The number of nitrogens with zero attached hydrogens (tertiary/aromatic N) is 1. The van der Waals surface area contributed by atoms with Gasteiger partial charge in [-0.25, -0.2) is 9.78 Å². The molecule has 2 aromatic rings. The van der Waals surface area contributed by atoms with E-state index in [9.17, 15) is 9.59 Å². The Balaban J connectivity index is 1.75. The molecule has 0 radical (unpaired) electrons. The van der Waals surface area contributed by atoms with E-state index >= 15 is 0 Å². The predicted octanol–water partition coefficient (Wildman–Crippen LogP) is 2.23. The number of nitrogens with one attached hydrogen (secondary N) is 3. The number of rotatable bonds is 7. The smallest absolute Gasteiger partial charge is 0.319 e. The number of carbonyl (C=O) groups is 2. The standard InChI is InChI=1S/C18H22N4O3/c1-3-19-18(24)22-15-7-8-17(21-11-15)25-12-16(23)20-10-14-6-4-5-13(2)9-14/h4-9,11H,3,10,12H2,1-2H3,(H,20,23)(H2,19,22,24). The third-order valence-electron chi connectivity index (χ3n) is 3.25. The Morgan fingerprint density at radius 1 is 1.16 bits per heavy atom. The highest BCUT2D eigenvalue weighted by molar-refractivity contribution is 5.88. The largest absolute Gasteiger partial charge is 0.468 e. The third-order valence-corrected chi connectivity index (χ3v) is 3.25. The molecule has 0 fully saturated rings. The molecule has 0 unspecified atom stereocenters. The van der Waals surface area contributed by atoms with Crippen LogP contribution < -0.4 is 20.7 Å². The van der Waals surface area contributed by atoms with Gasteiger partial charge in [0.05, 0.1) is 11.9 Å². The van der Waals surface area contributed by atoms with Gasteiger partial charge < -0.3 is 20.7 Å². The zero-order chi connectivity index (χ0) is 18.1. The number of carbonyl (C=O) groups excluding carboxylic acids is 2. The molecule has 0 bridgehead atoms. The van der Waals surface area contributed by atoms with Gasteiger partial charge in [0, 0.05) is 19.2 Å². The molecule has 7 heteroatoms. The minimum absolute atomic E-state index is 0.123. The van der Waals surface area contributed by atoms with E-state index in [0.29, 0.717) is 24.7 Å². The molecule has 132 valence electrons.